The third-order valence-electron chi connectivity index (χ3n) is 3.90. The molecule has 1 aromatic carbocycles. The van der Waals surface area contributed by atoms with E-state index in [0.29, 0.717) is 6.04 Å². The summed E-state index contributed by atoms with van der Waals surface area (Å²) < 4.78 is 0. The van der Waals surface area contributed by atoms with Gasteiger partial charge in [-0.2, -0.15) is 0 Å². The van der Waals surface area contributed by atoms with E-state index in [1.807, 2.05) is 0 Å². The predicted octanol–water partition coefficient (Wildman–Crippen LogP) is 3.08. The van der Waals surface area contributed by atoms with E-state index >= 15 is 0 Å². The van der Waals surface area contributed by atoms with Gasteiger partial charge in [0, 0.05) is 18.4 Å². The highest BCUT2D eigenvalue weighted by Crippen LogP contribution is 2.38. The summed E-state index contributed by atoms with van der Waals surface area (Å²) in [6.45, 7) is 3.19. The molecule has 0 amide bonds. The van der Waals surface area contributed by atoms with Crippen LogP contribution in [0.5, 0.6) is 0 Å². The fourth-order valence-electron chi connectivity index (χ4n) is 2.72. The van der Waals surface area contributed by atoms with Crippen LogP contribution in [0.1, 0.15) is 37.8 Å². The van der Waals surface area contributed by atoms with Gasteiger partial charge in [-0.1, -0.05) is 19.4 Å². The molecule has 2 aromatic rings. The second kappa shape index (κ2) is 5.02. The largest absolute Gasteiger partial charge is 0.310 e. The molecule has 1 unspecified atom stereocenters. The number of benzene rings is 1. The third kappa shape index (κ3) is 2.10. The summed E-state index contributed by atoms with van der Waals surface area (Å²) in [6, 6.07) is 6.95. The molecule has 18 heavy (non-hydrogen) atoms. The lowest BCUT2D eigenvalue weighted by Crippen LogP contribution is -2.32. The maximum Gasteiger partial charge on any atom is 0.0890 e. The number of aromatic nitrogens is 2. The fraction of sp³-hybridized carbons (Fsp3) is 0.467. The van der Waals surface area contributed by atoms with Crippen molar-refractivity contribution in [2.75, 3.05) is 6.54 Å². The van der Waals surface area contributed by atoms with Gasteiger partial charge in [-0.25, -0.2) is 0 Å². The summed E-state index contributed by atoms with van der Waals surface area (Å²) in [4.78, 5) is 8.72. The zero-order valence-electron chi connectivity index (χ0n) is 10.8. The summed E-state index contributed by atoms with van der Waals surface area (Å²) in [7, 11) is 0. The highest BCUT2D eigenvalue weighted by Gasteiger charge is 2.27. The van der Waals surface area contributed by atoms with E-state index in [-0.39, 0.29) is 0 Å². The van der Waals surface area contributed by atoms with E-state index < -0.39 is 0 Å². The van der Waals surface area contributed by atoms with Gasteiger partial charge >= 0.3 is 0 Å². The number of fused-ring (bicyclic) bond motifs is 1. The van der Waals surface area contributed by atoms with Crippen molar-refractivity contribution < 1.29 is 0 Å². The first kappa shape index (κ1) is 11.6. The number of nitrogens with one attached hydrogen (secondary N) is 1. The van der Waals surface area contributed by atoms with Crippen LogP contribution in [0.25, 0.3) is 11.0 Å². The topological polar surface area (TPSA) is 37.8 Å². The van der Waals surface area contributed by atoms with Crippen molar-refractivity contribution in [2.24, 2.45) is 5.92 Å². The molecule has 0 saturated heterocycles. The monoisotopic (exact) mass is 241 g/mol. The molecule has 0 radical (unpaired) electrons. The molecule has 1 atom stereocenters. The quantitative estimate of drug-likeness (QED) is 0.894. The minimum Gasteiger partial charge on any atom is -0.310 e. The second-order valence-corrected chi connectivity index (χ2v) is 5.03. The van der Waals surface area contributed by atoms with Gasteiger partial charge in [-0.3, -0.25) is 9.97 Å². The Morgan fingerprint density at radius 1 is 1.22 bits per heavy atom. The van der Waals surface area contributed by atoms with Crippen molar-refractivity contribution in [1.82, 2.24) is 15.3 Å². The summed E-state index contributed by atoms with van der Waals surface area (Å²) >= 11 is 0. The van der Waals surface area contributed by atoms with Crippen molar-refractivity contribution in [1.29, 1.82) is 0 Å². The normalized spacial score (nSPS) is 17.6. The SMILES string of the molecule is CCNC(c1ccc2nccnc2c1)C1CCC1. The molecular weight excluding hydrogens is 222 g/mol. The molecule has 1 aliphatic rings. The van der Waals surface area contributed by atoms with Crippen LogP contribution in [0.15, 0.2) is 30.6 Å². The zero-order chi connectivity index (χ0) is 12.4. The van der Waals surface area contributed by atoms with Gasteiger partial charge in [0.15, 0.2) is 0 Å². The summed E-state index contributed by atoms with van der Waals surface area (Å²) in [6.07, 6.45) is 7.57. The Balaban J connectivity index is 1.95. The number of rotatable bonds is 4. The molecule has 0 bridgehead atoms. The lowest BCUT2D eigenvalue weighted by molar-refractivity contribution is 0.233. The Labute approximate surface area is 108 Å². The lowest BCUT2D eigenvalue weighted by atomic mass is 9.77. The van der Waals surface area contributed by atoms with Gasteiger partial charge in [0.05, 0.1) is 11.0 Å². The predicted molar refractivity (Wildman–Crippen MR) is 73.3 cm³/mol. The fourth-order valence-corrected chi connectivity index (χ4v) is 2.72. The number of hydrogen-bond donors (Lipinski definition) is 1. The molecule has 94 valence electrons. The standard InChI is InChI=1S/C15H19N3/c1-2-16-15(11-4-3-5-11)12-6-7-13-14(10-12)18-9-8-17-13/h6-11,15-16H,2-5H2,1H3. The summed E-state index contributed by atoms with van der Waals surface area (Å²) in [5.41, 5.74) is 3.33. The highest BCUT2D eigenvalue weighted by atomic mass is 14.9. The smallest absolute Gasteiger partial charge is 0.0890 e. The Kier molecular flexibility index (Phi) is 3.24. The van der Waals surface area contributed by atoms with Gasteiger partial charge in [-0.05, 0) is 43.0 Å². The minimum atomic E-state index is 0.482. The van der Waals surface area contributed by atoms with Gasteiger partial charge in [0.25, 0.3) is 0 Å². The molecule has 3 rings (SSSR count). The lowest BCUT2D eigenvalue weighted by Gasteiger charge is -2.34. The maximum atomic E-state index is 4.40. The molecular formula is C15H19N3. The van der Waals surface area contributed by atoms with Crippen molar-refractivity contribution >= 4 is 11.0 Å². The molecule has 1 aliphatic carbocycles. The van der Waals surface area contributed by atoms with E-state index in [2.05, 4.69) is 40.4 Å². The van der Waals surface area contributed by atoms with Crippen LogP contribution < -0.4 is 5.32 Å². The first-order valence-electron chi connectivity index (χ1n) is 6.82. The van der Waals surface area contributed by atoms with Crippen LogP contribution in [-0.2, 0) is 0 Å². The molecule has 1 heterocycles. The molecule has 0 aliphatic heterocycles. The second-order valence-electron chi connectivity index (χ2n) is 5.03. The van der Waals surface area contributed by atoms with Crippen molar-refractivity contribution in [3.05, 3.63) is 36.2 Å². The van der Waals surface area contributed by atoms with Crippen molar-refractivity contribution in [2.45, 2.75) is 32.2 Å². The molecule has 3 heteroatoms. The minimum absolute atomic E-state index is 0.482. The highest BCUT2D eigenvalue weighted by molar-refractivity contribution is 5.74. The molecule has 0 spiro atoms. The van der Waals surface area contributed by atoms with E-state index in [4.69, 9.17) is 0 Å². The average Bonchev–Trinajstić information content (AvgIpc) is 2.35. The number of nitrogens with zero attached hydrogens (tertiary/aromatic N) is 2. The van der Waals surface area contributed by atoms with Crippen LogP contribution in [0.3, 0.4) is 0 Å². The Morgan fingerprint density at radius 2 is 2.00 bits per heavy atom. The van der Waals surface area contributed by atoms with Crippen LogP contribution >= 0.6 is 0 Å². The average molecular weight is 241 g/mol. The first-order valence-corrected chi connectivity index (χ1v) is 6.82. The van der Waals surface area contributed by atoms with E-state index in [9.17, 15) is 0 Å². The van der Waals surface area contributed by atoms with Gasteiger partial charge < -0.3 is 5.32 Å². The van der Waals surface area contributed by atoms with E-state index in [1.165, 1.54) is 24.8 Å². The molecule has 1 N–H and O–H groups in total. The van der Waals surface area contributed by atoms with E-state index in [0.717, 1.165) is 23.5 Å². The van der Waals surface area contributed by atoms with Crippen LogP contribution in [0.2, 0.25) is 0 Å². The van der Waals surface area contributed by atoms with Gasteiger partial charge in [-0.15, -0.1) is 0 Å². The van der Waals surface area contributed by atoms with Gasteiger partial charge in [0.1, 0.15) is 0 Å². The molecule has 1 saturated carbocycles. The molecule has 1 fully saturated rings. The molecule has 1 aromatic heterocycles. The Hall–Kier alpha value is -1.48. The summed E-state index contributed by atoms with van der Waals surface area (Å²) in [5.74, 6) is 0.791. The van der Waals surface area contributed by atoms with E-state index in [1.54, 1.807) is 12.4 Å². The maximum absolute atomic E-state index is 4.40. The van der Waals surface area contributed by atoms with Crippen LogP contribution in [0.4, 0.5) is 0 Å². The third-order valence-corrected chi connectivity index (χ3v) is 3.90. The summed E-state index contributed by atoms with van der Waals surface area (Å²) in [5, 5.41) is 3.62. The van der Waals surface area contributed by atoms with Crippen LogP contribution in [-0.4, -0.2) is 16.5 Å². The number of hydrogen-bond acceptors (Lipinski definition) is 3. The Bertz CT molecular complexity index is 534. The van der Waals surface area contributed by atoms with Crippen LogP contribution in [0, 0.1) is 5.92 Å². The zero-order valence-corrected chi connectivity index (χ0v) is 10.8. The van der Waals surface area contributed by atoms with Crippen molar-refractivity contribution in [3.63, 3.8) is 0 Å². The molecule has 3 nitrogen and oxygen atoms in total. The first-order chi connectivity index (χ1) is 8.88. The van der Waals surface area contributed by atoms with Crippen molar-refractivity contribution in [3.8, 4) is 0 Å². The Morgan fingerprint density at radius 3 is 2.67 bits per heavy atom. The van der Waals surface area contributed by atoms with Gasteiger partial charge in [0.2, 0.25) is 0 Å².